The molecule has 0 aliphatic carbocycles. The van der Waals surface area contributed by atoms with Crippen molar-refractivity contribution in [1.82, 2.24) is 0 Å². The van der Waals surface area contributed by atoms with Crippen LogP contribution in [0.1, 0.15) is 0 Å². The number of nitrogens with one attached hydrogen (secondary N) is 1. The lowest BCUT2D eigenvalue weighted by atomic mass is 10.3. The van der Waals surface area contributed by atoms with Crippen molar-refractivity contribution in [2.45, 2.75) is 4.90 Å². The molecule has 0 unspecified atom stereocenters. The van der Waals surface area contributed by atoms with Crippen molar-refractivity contribution in [3.8, 4) is 11.5 Å². The molecule has 0 fully saturated rings. The fourth-order valence-corrected chi connectivity index (χ4v) is 2.95. The van der Waals surface area contributed by atoms with Crippen molar-refractivity contribution < 1.29 is 22.3 Å². The molecule has 0 bridgehead atoms. The molecular formula is C13H11FN2O4S. The van der Waals surface area contributed by atoms with Crippen molar-refractivity contribution in [3.63, 3.8) is 0 Å². The number of benzene rings is 2. The largest absolute Gasteiger partial charge is 0.454 e. The maximum atomic E-state index is 13.1. The van der Waals surface area contributed by atoms with Crippen LogP contribution in [0.5, 0.6) is 11.5 Å². The molecule has 6 nitrogen and oxygen atoms in total. The van der Waals surface area contributed by atoms with E-state index in [1.165, 1.54) is 12.1 Å². The molecule has 0 saturated carbocycles. The second-order valence-electron chi connectivity index (χ2n) is 4.36. The average molecular weight is 310 g/mol. The molecule has 0 aromatic heterocycles. The van der Waals surface area contributed by atoms with E-state index in [2.05, 4.69) is 4.72 Å². The lowest BCUT2D eigenvalue weighted by Crippen LogP contribution is -2.13. The summed E-state index contributed by atoms with van der Waals surface area (Å²) in [5.74, 6) is 0.329. The number of hydrogen-bond donors (Lipinski definition) is 2. The van der Waals surface area contributed by atoms with E-state index in [-0.39, 0.29) is 17.4 Å². The van der Waals surface area contributed by atoms with Gasteiger partial charge in [0.05, 0.1) is 16.3 Å². The minimum atomic E-state index is -3.86. The van der Waals surface area contributed by atoms with Crippen LogP contribution >= 0.6 is 0 Å². The molecule has 3 N–H and O–H groups in total. The van der Waals surface area contributed by atoms with Crippen LogP contribution in [0.4, 0.5) is 15.8 Å². The number of nitrogen functional groups attached to an aromatic ring is 1. The Hall–Kier alpha value is -2.48. The van der Waals surface area contributed by atoms with Crippen molar-refractivity contribution in [2.24, 2.45) is 0 Å². The predicted octanol–water partition coefficient (Wildman–Crippen LogP) is 1.94. The summed E-state index contributed by atoms with van der Waals surface area (Å²) in [7, 11) is -3.86. The number of nitrogens with two attached hydrogens (primary N) is 1. The van der Waals surface area contributed by atoms with Crippen LogP contribution in [0.25, 0.3) is 0 Å². The normalized spacial score (nSPS) is 13.2. The number of halogens is 1. The van der Waals surface area contributed by atoms with Crippen molar-refractivity contribution in [1.29, 1.82) is 0 Å². The van der Waals surface area contributed by atoms with Gasteiger partial charge >= 0.3 is 0 Å². The third-order valence-corrected chi connectivity index (χ3v) is 4.28. The fraction of sp³-hybridized carbons (Fsp3) is 0.0769. The molecule has 0 amide bonds. The van der Waals surface area contributed by atoms with Crippen molar-refractivity contribution in [2.75, 3.05) is 17.2 Å². The van der Waals surface area contributed by atoms with E-state index in [9.17, 15) is 12.8 Å². The Labute approximate surface area is 120 Å². The molecule has 110 valence electrons. The minimum Gasteiger partial charge on any atom is -0.454 e. The number of rotatable bonds is 3. The van der Waals surface area contributed by atoms with Gasteiger partial charge in [0.15, 0.2) is 11.5 Å². The third-order valence-electron chi connectivity index (χ3n) is 2.90. The van der Waals surface area contributed by atoms with E-state index in [0.717, 1.165) is 18.2 Å². The molecule has 0 radical (unpaired) electrons. The zero-order chi connectivity index (χ0) is 15.0. The molecule has 1 heterocycles. The Morgan fingerprint density at radius 2 is 1.86 bits per heavy atom. The first-order valence-electron chi connectivity index (χ1n) is 5.93. The lowest BCUT2D eigenvalue weighted by Gasteiger charge is -2.09. The summed E-state index contributed by atoms with van der Waals surface area (Å²) in [6.07, 6.45) is 0. The average Bonchev–Trinajstić information content (AvgIpc) is 2.88. The van der Waals surface area contributed by atoms with E-state index in [1.54, 1.807) is 6.07 Å². The molecule has 3 rings (SSSR count). The number of hydrogen-bond acceptors (Lipinski definition) is 5. The van der Waals surface area contributed by atoms with E-state index in [1.807, 2.05) is 0 Å². The van der Waals surface area contributed by atoms with E-state index in [4.69, 9.17) is 15.2 Å². The zero-order valence-electron chi connectivity index (χ0n) is 10.7. The van der Waals surface area contributed by atoms with Gasteiger partial charge in [-0.2, -0.15) is 0 Å². The Morgan fingerprint density at radius 3 is 2.62 bits per heavy atom. The quantitative estimate of drug-likeness (QED) is 0.845. The first-order valence-corrected chi connectivity index (χ1v) is 7.41. The summed E-state index contributed by atoms with van der Waals surface area (Å²) in [5.41, 5.74) is 5.46. The van der Waals surface area contributed by atoms with E-state index in [0.29, 0.717) is 17.2 Å². The first kappa shape index (κ1) is 13.5. The number of sulfonamides is 1. The van der Waals surface area contributed by atoms with Crippen LogP contribution in [-0.2, 0) is 10.0 Å². The Balaban J connectivity index is 1.90. The lowest BCUT2D eigenvalue weighted by molar-refractivity contribution is 0.174. The van der Waals surface area contributed by atoms with Gasteiger partial charge in [0.1, 0.15) is 5.82 Å². The van der Waals surface area contributed by atoms with Gasteiger partial charge < -0.3 is 15.2 Å². The van der Waals surface area contributed by atoms with Crippen LogP contribution in [0, 0.1) is 5.82 Å². The van der Waals surface area contributed by atoms with Crippen molar-refractivity contribution >= 4 is 21.4 Å². The maximum absolute atomic E-state index is 13.1. The first-order chi connectivity index (χ1) is 9.95. The Morgan fingerprint density at radius 1 is 1.10 bits per heavy atom. The van der Waals surface area contributed by atoms with Gasteiger partial charge in [-0.25, -0.2) is 12.8 Å². The molecule has 1 aliphatic rings. The molecule has 0 atom stereocenters. The van der Waals surface area contributed by atoms with Crippen LogP contribution in [-0.4, -0.2) is 15.2 Å². The van der Waals surface area contributed by atoms with Crippen LogP contribution in [0.3, 0.4) is 0 Å². The summed E-state index contributed by atoms with van der Waals surface area (Å²) in [4.78, 5) is -0.126. The van der Waals surface area contributed by atoms with Crippen LogP contribution < -0.4 is 19.9 Å². The van der Waals surface area contributed by atoms with Gasteiger partial charge in [-0.3, -0.25) is 4.72 Å². The van der Waals surface area contributed by atoms with Crippen LogP contribution in [0.2, 0.25) is 0 Å². The molecular weight excluding hydrogens is 299 g/mol. The SMILES string of the molecule is Nc1cc(S(=O)(=O)Nc2ccc3c(c2)OCO3)ccc1F. The van der Waals surface area contributed by atoms with Crippen molar-refractivity contribution in [3.05, 3.63) is 42.2 Å². The zero-order valence-corrected chi connectivity index (χ0v) is 11.5. The number of anilines is 2. The highest BCUT2D eigenvalue weighted by Gasteiger charge is 2.18. The maximum Gasteiger partial charge on any atom is 0.261 e. The van der Waals surface area contributed by atoms with Gasteiger partial charge in [-0.1, -0.05) is 0 Å². The van der Waals surface area contributed by atoms with Gasteiger partial charge in [-0.05, 0) is 30.3 Å². The highest BCUT2D eigenvalue weighted by Crippen LogP contribution is 2.34. The monoisotopic (exact) mass is 310 g/mol. The minimum absolute atomic E-state index is 0.0973. The molecule has 2 aromatic carbocycles. The highest BCUT2D eigenvalue weighted by molar-refractivity contribution is 7.92. The topological polar surface area (TPSA) is 90.7 Å². The fourth-order valence-electron chi connectivity index (χ4n) is 1.86. The van der Waals surface area contributed by atoms with Gasteiger partial charge in [0, 0.05) is 6.07 Å². The third kappa shape index (κ3) is 2.57. The summed E-state index contributed by atoms with van der Waals surface area (Å²) in [5, 5.41) is 0. The van der Waals surface area contributed by atoms with Gasteiger partial charge in [0.25, 0.3) is 10.0 Å². The summed E-state index contributed by atoms with van der Waals surface area (Å²) < 4.78 is 50.2. The Bertz CT molecular complexity index is 808. The summed E-state index contributed by atoms with van der Waals surface area (Å²) >= 11 is 0. The molecule has 8 heteroatoms. The highest BCUT2D eigenvalue weighted by atomic mass is 32.2. The smallest absolute Gasteiger partial charge is 0.261 e. The standard InChI is InChI=1S/C13H11FN2O4S/c14-10-3-2-9(6-11(10)15)21(17,18)16-8-1-4-12-13(5-8)20-7-19-12/h1-6,16H,7,15H2. The van der Waals surface area contributed by atoms with Gasteiger partial charge in [0.2, 0.25) is 6.79 Å². The summed E-state index contributed by atoms with van der Waals surface area (Å²) in [6.45, 7) is 0.0973. The number of fused-ring (bicyclic) bond motifs is 1. The summed E-state index contributed by atoms with van der Waals surface area (Å²) in [6, 6.07) is 7.85. The van der Waals surface area contributed by atoms with Gasteiger partial charge in [-0.15, -0.1) is 0 Å². The van der Waals surface area contributed by atoms with Crippen LogP contribution in [0.15, 0.2) is 41.3 Å². The predicted molar refractivity (Wildman–Crippen MR) is 74.2 cm³/mol. The molecule has 21 heavy (non-hydrogen) atoms. The molecule has 0 spiro atoms. The Kier molecular flexibility index (Phi) is 3.09. The van der Waals surface area contributed by atoms with E-state index < -0.39 is 15.8 Å². The molecule has 1 aliphatic heterocycles. The number of ether oxygens (including phenoxy) is 2. The second kappa shape index (κ2) is 4.81. The molecule has 0 saturated heterocycles. The molecule has 2 aromatic rings. The second-order valence-corrected chi connectivity index (χ2v) is 6.04. The van der Waals surface area contributed by atoms with E-state index >= 15 is 0 Å².